The SMILES string of the molecule is Nc1cn(-c2ccncc2)nc1-c1nccs1. The van der Waals surface area contributed by atoms with Crippen LogP contribution in [0.3, 0.4) is 0 Å². The number of hydrogen-bond acceptors (Lipinski definition) is 5. The first kappa shape index (κ1) is 9.98. The van der Waals surface area contributed by atoms with Gasteiger partial charge in [0.1, 0.15) is 10.7 Å². The summed E-state index contributed by atoms with van der Waals surface area (Å²) in [5.74, 6) is 0. The van der Waals surface area contributed by atoms with Crippen LogP contribution in [0.4, 0.5) is 5.69 Å². The Morgan fingerprint density at radius 1 is 1.18 bits per heavy atom. The van der Waals surface area contributed by atoms with E-state index in [4.69, 9.17) is 5.73 Å². The first-order chi connectivity index (χ1) is 8.34. The number of nitrogens with two attached hydrogens (primary N) is 1. The molecule has 0 bridgehead atoms. The fraction of sp³-hybridized carbons (Fsp3) is 0. The second-order valence-corrected chi connectivity index (χ2v) is 4.31. The van der Waals surface area contributed by atoms with Gasteiger partial charge in [0.15, 0.2) is 0 Å². The maximum absolute atomic E-state index is 5.94. The van der Waals surface area contributed by atoms with E-state index in [0.717, 1.165) is 16.4 Å². The number of rotatable bonds is 2. The van der Waals surface area contributed by atoms with Crippen LogP contribution in [0.1, 0.15) is 0 Å². The molecule has 0 fully saturated rings. The molecule has 3 aromatic heterocycles. The Morgan fingerprint density at radius 3 is 2.71 bits per heavy atom. The van der Waals surface area contributed by atoms with Crippen molar-refractivity contribution in [2.24, 2.45) is 0 Å². The molecule has 0 aliphatic heterocycles. The average Bonchev–Trinajstić information content (AvgIpc) is 2.99. The predicted molar refractivity (Wildman–Crippen MR) is 66.9 cm³/mol. The summed E-state index contributed by atoms with van der Waals surface area (Å²) in [6, 6.07) is 3.75. The molecule has 3 aromatic rings. The summed E-state index contributed by atoms with van der Waals surface area (Å²) in [6.07, 6.45) is 6.96. The van der Waals surface area contributed by atoms with Gasteiger partial charge in [-0.15, -0.1) is 11.3 Å². The van der Waals surface area contributed by atoms with Crippen molar-refractivity contribution in [3.63, 3.8) is 0 Å². The fourth-order valence-corrected chi connectivity index (χ4v) is 2.17. The molecule has 0 spiro atoms. The molecule has 84 valence electrons. The molecule has 0 unspecified atom stereocenters. The topological polar surface area (TPSA) is 69.6 Å². The summed E-state index contributed by atoms with van der Waals surface area (Å²) in [4.78, 5) is 8.17. The number of aromatic nitrogens is 4. The number of nitrogen functional groups attached to an aromatic ring is 1. The van der Waals surface area contributed by atoms with Crippen molar-refractivity contribution in [1.29, 1.82) is 0 Å². The largest absolute Gasteiger partial charge is 0.396 e. The van der Waals surface area contributed by atoms with Crippen molar-refractivity contribution in [3.05, 3.63) is 42.3 Å². The lowest BCUT2D eigenvalue weighted by Crippen LogP contribution is -1.94. The zero-order valence-corrected chi connectivity index (χ0v) is 9.63. The van der Waals surface area contributed by atoms with Gasteiger partial charge in [0.05, 0.1) is 17.6 Å². The molecule has 0 atom stereocenters. The number of nitrogens with zero attached hydrogens (tertiary/aromatic N) is 4. The molecule has 6 heteroatoms. The van der Waals surface area contributed by atoms with Gasteiger partial charge < -0.3 is 5.73 Å². The minimum atomic E-state index is 0.622. The Morgan fingerprint density at radius 2 is 2.00 bits per heavy atom. The molecule has 0 aliphatic rings. The summed E-state index contributed by atoms with van der Waals surface area (Å²) >= 11 is 1.52. The molecule has 0 aromatic carbocycles. The normalized spacial score (nSPS) is 10.6. The van der Waals surface area contributed by atoms with Gasteiger partial charge >= 0.3 is 0 Å². The molecular weight excluding hydrogens is 234 g/mol. The molecule has 5 nitrogen and oxygen atoms in total. The predicted octanol–water partition coefficient (Wildman–Crippen LogP) is 1.97. The van der Waals surface area contributed by atoms with E-state index in [1.54, 1.807) is 29.5 Å². The first-order valence-corrected chi connectivity index (χ1v) is 5.88. The zero-order valence-electron chi connectivity index (χ0n) is 8.82. The number of pyridine rings is 1. The second kappa shape index (κ2) is 3.99. The zero-order chi connectivity index (χ0) is 11.7. The van der Waals surface area contributed by atoms with Crippen molar-refractivity contribution in [2.75, 3.05) is 5.73 Å². The van der Waals surface area contributed by atoms with Crippen LogP contribution in [-0.2, 0) is 0 Å². The van der Waals surface area contributed by atoms with Crippen LogP contribution in [0.2, 0.25) is 0 Å². The fourth-order valence-electron chi connectivity index (χ4n) is 1.52. The summed E-state index contributed by atoms with van der Waals surface area (Å²) in [5.41, 5.74) is 8.20. The first-order valence-electron chi connectivity index (χ1n) is 5.00. The van der Waals surface area contributed by atoms with Crippen LogP contribution in [0.25, 0.3) is 16.4 Å². The highest BCUT2D eigenvalue weighted by atomic mass is 32.1. The van der Waals surface area contributed by atoms with Gasteiger partial charge in [-0.2, -0.15) is 5.10 Å². The molecule has 0 amide bonds. The van der Waals surface area contributed by atoms with Crippen LogP contribution in [-0.4, -0.2) is 19.7 Å². The third kappa shape index (κ3) is 1.78. The third-order valence-corrected chi connectivity index (χ3v) is 3.08. The van der Waals surface area contributed by atoms with E-state index >= 15 is 0 Å². The quantitative estimate of drug-likeness (QED) is 0.747. The van der Waals surface area contributed by atoms with Crippen LogP contribution in [0, 0.1) is 0 Å². The Kier molecular flexibility index (Phi) is 2.34. The molecule has 0 saturated carbocycles. The molecule has 2 N–H and O–H groups in total. The molecule has 0 radical (unpaired) electrons. The highest BCUT2D eigenvalue weighted by Crippen LogP contribution is 2.26. The summed E-state index contributed by atoms with van der Waals surface area (Å²) < 4.78 is 1.73. The molecule has 3 heterocycles. The van der Waals surface area contributed by atoms with E-state index in [9.17, 15) is 0 Å². The maximum Gasteiger partial charge on any atom is 0.145 e. The number of thiazole rings is 1. The van der Waals surface area contributed by atoms with Gasteiger partial charge in [-0.3, -0.25) is 4.98 Å². The minimum absolute atomic E-state index is 0.622. The van der Waals surface area contributed by atoms with E-state index in [1.165, 1.54) is 11.3 Å². The summed E-state index contributed by atoms with van der Waals surface area (Å²) in [5, 5.41) is 7.17. The molecular formula is C11H9N5S. The van der Waals surface area contributed by atoms with Crippen LogP contribution < -0.4 is 5.73 Å². The van der Waals surface area contributed by atoms with Crippen molar-refractivity contribution in [3.8, 4) is 16.4 Å². The van der Waals surface area contributed by atoms with Gasteiger partial charge in [-0.1, -0.05) is 0 Å². The summed E-state index contributed by atoms with van der Waals surface area (Å²) in [6.45, 7) is 0. The Hall–Kier alpha value is -2.21. The monoisotopic (exact) mass is 243 g/mol. The van der Waals surface area contributed by atoms with Gasteiger partial charge in [-0.05, 0) is 12.1 Å². The molecule has 0 saturated heterocycles. The van der Waals surface area contributed by atoms with Gasteiger partial charge in [0.2, 0.25) is 0 Å². The lowest BCUT2D eigenvalue weighted by molar-refractivity contribution is 0.881. The van der Waals surface area contributed by atoms with Crippen molar-refractivity contribution in [1.82, 2.24) is 19.7 Å². The molecule has 0 aliphatic carbocycles. The second-order valence-electron chi connectivity index (χ2n) is 3.42. The highest BCUT2D eigenvalue weighted by molar-refractivity contribution is 7.13. The van der Waals surface area contributed by atoms with E-state index in [0.29, 0.717) is 5.69 Å². The maximum atomic E-state index is 5.94. The minimum Gasteiger partial charge on any atom is -0.396 e. The smallest absolute Gasteiger partial charge is 0.145 e. The van der Waals surface area contributed by atoms with E-state index in [2.05, 4.69) is 15.1 Å². The lowest BCUT2D eigenvalue weighted by atomic mass is 10.4. The Labute approximate surface area is 102 Å². The number of hydrogen-bond donors (Lipinski definition) is 1. The van der Waals surface area contributed by atoms with Crippen LogP contribution >= 0.6 is 11.3 Å². The Balaban J connectivity index is 2.08. The molecule has 3 rings (SSSR count). The molecule has 17 heavy (non-hydrogen) atoms. The highest BCUT2D eigenvalue weighted by Gasteiger charge is 2.11. The van der Waals surface area contributed by atoms with Gasteiger partial charge in [0.25, 0.3) is 0 Å². The van der Waals surface area contributed by atoms with Crippen LogP contribution in [0.15, 0.2) is 42.3 Å². The lowest BCUT2D eigenvalue weighted by Gasteiger charge is -1.98. The van der Waals surface area contributed by atoms with Crippen molar-refractivity contribution in [2.45, 2.75) is 0 Å². The standard InChI is InChI=1S/C11H9N5S/c12-9-7-16(8-1-3-13-4-2-8)15-10(9)11-14-5-6-17-11/h1-7H,12H2. The third-order valence-electron chi connectivity index (χ3n) is 2.30. The van der Waals surface area contributed by atoms with Crippen molar-refractivity contribution >= 4 is 17.0 Å². The van der Waals surface area contributed by atoms with Crippen molar-refractivity contribution < 1.29 is 0 Å². The Bertz CT molecular complexity index is 615. The van der Waals surface area contributed by atoms with Gasteiger partial charge in [-0.25, -0.2) is 9.67 Å². The van der Waals surface area contributed by atoms with E-state index < -0.39 is 0 Å². The number of anilines is 1. The average molecular weight is 243 g/mol. The van der Waals surface area contributed by atoms with Crippen LogP contribution in [0.5, 0.6) is 0 Å². The van der Waals surface area contributed by atoms with E-state index in [1.807, 2.05) is 17.5 Å². The summed E-state index contributed by atoms with van der Waals surface area (Å²) in [7, 11) is 0. The van der Waals surface area contributed by atoms with E-state index in [-0.39, 0.29) is 0 Å². The van der Waals surface area contributed by atoms with Gasteiger partial charge in [0, 0.05) is 24.0 Å².